The Morgan fingerprint density at radius 2 is 0.957 bits per heavy atom. The first kappa shape index (κ1) is 20.9. The molecule has 0 aromatic heterocycles. The highest BCUT2D eigenvalue weighted by atomic mass is 14.1. The van der Waals surface area contributed by atoms with E-state index in [1.807, 2.05) is 27.7 Å². The molecule has 0 aliphatic rings. The van der Waals surface area contributed by atoms with Gasteiger partial charge in [0.25, 0.3) is 0 Å². The highest BCUT2D eigenvalue weighted by molar-refractivity contribution is 5.68. The van der Waals surface area contributed by atoms with Gasteiger partial charge in [-0.25, -0.2) is 0 Å². The van der Waals surface area contributed by atoms with Crippen molar-refractivity contribution in [2.75, 3.05) is 0 Å². The molecule has 23 heavy (non-hydrogen) atoms. The topological polar surface area (TPSA) is 0 Å². The minimum absolute atomic E-state index is 0.923. The third-order valence-corrected chi connectivity index (χ3v) is 3.34. The lowest BCUT2D eigenvalue weighted by Gasteiger charge is -2.12. The van der Waals surface area contributed by atoms with Crippen molar-refractivity contribution in [2.24, 2.45) is 0 Å². The van der Waals surface area contributed by atoms with Gasteiger partial charge in [0, 0.05) is 0 Å². The van der Waals surface area contributed by atoms with Gasteiger partial charge in [0.05, 0.1) is 0 Å². The van der Waals surface area contributed by atoms with Gasteiger partial charge in [-0.2, -0.15) is 0 Å². The Morgan fingerprint density at radius 1 is 0.652 bits per heavy atom. The first-order valence-electron chi connectivity index (χ1n) is 8.57. The Balaban J connectivity index is 0.00000112. The molecule has 0 bridgehead atoms. The van der Waals surface area contributed by atoms with Crippen LogP contribution in [0, 0.1) is 0 Å². The van der Waals surface area contributed by atoms with Crippen LogP contribution < -0.4 is 0 Å². The molecular formula is C23H32. The molecule has 124 valence electrons. The number of allylic oxidation sites excluding steroid dienone is 2. The minimum atomic E-state index is 0.923. The smallest absolute Gasteiger partial charge is 0.00137 e. The molecule has 0 nitrogen and oxygen atoms in total. The van der Waals surface area contributed by atoms with Gasteiger partial charge in [-0.05, 0) is 42.5 Å². The van der Waals surface area contributed by atoms with Crippen molar-refractivity contribution in [1.82, 2.24) is 0 Å². The summed E-state index contributed by atoms with van der Waals surface area (Å²) < 4.78 is 0. The highest BCUT2D eigenvalue weighted by Gasteiger charge is 2.07. The Bertz CT molecular complexity index is 562. The van der Waals surface area contributed by atoms with Crippen molar-refractivity contribution in [3.63, 3.8) is 0 Å². The summed E-state index contributed by atoms with van der Waals surface area (Å²) >= 11 is 0. The van der Waals surface area contributed by atoms with E-state index in [2.05, 4.69) is 75.5 Å². The summed E-state index contributed by atoms with van der Waals surface area (Å²) in [5.74, 6) is 0. The molecule has 0 unspecified atom stereocenters. The second-order valence-electron chi connectivity index (χ2n) is 5.05. The van der Waals surface area contributed by atoms with E-state index in [9.17, 15) is 0 Å². The van der Waals surface area contributed by atoms with E-state index in [4.69, 9.17) is 0 Å². The quantitative estimate of drug-likeness (QED) is 0.552. The normalized spacial score (nSPS) is 8.96. The molecule has 0 saturated heterocycles. The van der Waals surface area contributed by atoms with Gasteiger partial charge in [-0.3, -0.25) is 0 Å². The van der Waals surface area contributed by atoms with Gasteiger partial charge >= 0.3 is 0 Å². The Labute approximate surface area is 143 Å². The number of hydrogen-bond acceptors (Lipinski definition) is 0. The minimum Gasteiger partial charge on any atom is -0.0955 e. The zero-order chi connectivity index (χ0) is 17.8. The largest absolute Gasteiger partial charge is 0.0955 e. The van der Waals surface area contributed by atoms with E-state index in [-0.39, 0.29) is 0 Å². The van der Waals surface area contributed by atoms with Gasteiger partial charge < -0.3 is 0 Å². The van der Waals surface area contributed by atoms with Crippen LogP contribution in [0.25, 0.3) is 11.1 Å². The molecule has 0 N–H and O–H groups in total. The van der Waals surface area contributed by atoms with E-state index in [1.165, 1.54) is 22.3 Å². The Morgan fingerprint density at radius 3 is 1.26 bits per heavy atom. The van der Waals surface area contributed by atoms with Crippen LogP contribution in [0.2, 0.25) is 0 Å². The summed E-state index contributed by atoms with van der Waals surface area (Å²) in [5, 5.41) is 0. The van der Waals surface area contributed by atoms with Crippen LogP contribution in [0.4, 0.5) is 0 Å². The SMILES string of the molecule is C=C(C)c1ccccc1Cc1ccccc1C(=C)C.CC.CC. The maximum absolute atomic E-state index is 4.07. The third-order valence-electron chi connectivity index (χ3n) is 3.34. The summed E-state index contributed by atoms with van der Waals surface area (Å²) in [6.07, 6.45) is 0.923. The molecule has 0 saturated carbocycles. The lowest BCUT2D eigenvalue weighted by atomic mass is 9.92. The number of hydrogen-bond donors (Lipinski definition) is 0. The molecule has 0 heterocycles. The predicted molar refractivity (Wildman–Crippen MR) is 108 cm³/mol. The molecule has 0 heteroatoms. The summed E-state index contributed by atoms with van der Waals surface area (Å²) in [7, 11) is 0. The van der Waals surface area contributed by atoms with E-state index < -0.39 is 0 Å². The summed E-state index contributed by atoms with van der Waals surface area (Å²) in [6, 6.07) is 17.0. The fourth-order valence-electron chi connectivity index (χ4n) is 2.39. The maximum atomic E-state index is 4.07. The van der Waals surface area contributed by atoms with Crippen molar-refractivity contribution in [2.45, 2.75) is 48.0 Å². The van der Waals surface area contributed by atoms with Crippen molar-refractivity contribution in [3.05, 3.63) is 83.9 Å². The van der Waals surface area contributed by atoms with Crippen LogP contribution in [-0.2, 0) is 6.42 Å². The third kappa shape index (κ3) is 6.28. The van der Waals surface area contributed by atoms with E-state index in [0.717, 1.165) is 17.6 Å². The van der Waals surface area contributed by atoms with Crippen molar-refractivity contribution in [3.8, 4) is 0 Å². The average Bonchev–Trinajstić information content (AvgIpc) is 2.59. The Hall–Kier alpha value is -2.08. The molecule has 0 fully saturated rings. The predicted octanol–water partition coefficient (Wildman–Crippen LogP) is 7.40. The second-order valence-corrected chi connectivity index (χ2v) is 5.05. The molecule has 2 aromatic rings. The average molecular weight is 309 g/mol. The van der Waals surface area contributed by atoms with Gasteiger partial charge in [0.1, 0.15) is 0 Å². The first-order chi connectivity index (χ1) is 11.1. The second kappa shape index (κ2) is 11.5. The molecule has 0 aliphatic heterocycles. The number of benzene rings is 2. The van der Waals surface area contributed by atoms with Gasteiger partial charge in [-0.15, -0.1) is 0 Å². The van der Waals surface area contributed by atoms with Crippen LogP contribution in [0.3, 0.4) is 0 Å². The van der Waals surface area contributed by atoms with Crippen LogP contribution in [-0.4, -0.2) is 0 Å². The zero-order valence-corrected chi connectivity index (χ0v) is 15.7. The maximum Gasteiger partial charge on any atom is -0.00137 e. The van der Waals surface area contributed by atoms with E-state index in [0.29, 0.717) is 0 Å². The summed E-state index contributed by atoms with van der Waals surface area (Å²) in [4.78, 5) is 0. The standard InChI is InChI=1S/C19H20.2C2H6/c1-14(2)18-11-7-5-9-16(18)13-17-10-6-8-12-19(17)15(3)4;2*1-2/h5-12H,1,3,13H2,2,4H3;2*1-2H3. The van der Waals surface area contributed by atoms with Gasteiger partial charge in [-0.1, -0.05) is 101 Å². The summed E-state index contributed by atoms with van der Waals surface area (Å²) in [5.41, 5.74) is 7.37. The van der Waals surface area contributed by atoms with Crippen molar-refractivity contribution in [1.29, 1.82) is 0 Å². The lowest BCUT2D eigenvalue weighted by Crippen LogP contribution is -1.96. The van der Waals surface area contributed by atoms with Crippen LogP contribution >= 0.6 is 0 Å². The Kier molecular flexibility index (Phi) is 10.4. The van der Waals surface area contributed by atoms with Crippen LogP contribution in [0.1, 0.15) is 63.8 Å². The molecule has 0 spiro atoms. The highest BCUT2D eigenvalue weighted by Crippen LogP contribution is 2.24. The fourth-order valence-corrected chi connectivity index (χ4v) is 2.39. The first-order valence-corrected chi connectivity index (χ1v) is 8.57. The van der Waals surface area contributed by atoms with Crippen molar-refractivity contribution >= 4 is 11.1 Å². The molecule has 0 amide bonds. The lowest BCUT2D eigenvalue weighted by molar-refractivity contribution is 1.17. The fraction of sp³-hybridized carbons (Fsp3) is 0.304. The molecular weight excluding hydrogens is 276 g/mol. The molecule has 0 radical (unpaired) electrons. The van der Waals surface area contributed by atoms with Gasteiger partial charge in [0.15, 0.2) is 0 Å². The summed E-state index contributed by atoms with van der Waals surface area (Å²) in [6.45, 7) is 20.3. The van der Waals surface area contributed by atoms with Crippen LogP contribution in [0.5, 0.6) is 0 Å². The van der Waals surface area contributed by atoms with E-state index in [1.54, 1.807) is 0 Å². The van der Waals surface area contributed by atoms with E-state index >= 15 is 0 Å². The van der Waals surface area contributed by atoms with Crippen molar-refractivity contribution < 1.29 is 0 Å². The van der Waals surface area contributed by atoms with Gasteiger partial charge in [0.2, 0.25) is 0 Å². The molecule has 0 aliphatic carbocycles. The zero-order valence-electron chi connectivity index (χ0n) is 15.7. The molecule has 0 atom stereocenters. The molecule has 2 aromatic carbocycles. The van der Waals surface area contributed by atoms with Crippen LogP contribution in [0.15, 0.2) is 61.7 Å². The number of rotatable bonds is 4. The molecule has 2 rings (SSSR count). The monoisotopic (exact) mass is 308 g/mol.